The number of halogens is 4. The molecule has 0 aromatic heterocycles. The summed E-state index contributed by atoms with van der Waals surface area (Å²) in [5, 5.41) is 5.18. The molecule has 1 aromatic rings. The van der Waals surface area contributed by atoms with E-state index in [4.69, 9.17) is 4.74 Å². The molecule has 1 amide bonds. The smallest absolute Gasteiger partial charge is 0.383 e. The predicted molar refractivity (Wildman–Crippen MR) is 72.1 cm³/mol. The fourth-order valence-electron chi connectivity index (χ4n) is 1.35. The molecule has 2 N–H and O–H groups in total. The summed E-state index contributed by atoms with van der Waals surface area (Å²) in [4.78, 5) is 11.4. The number of alkyl halides is 3. The van der Waals surface area contributed by atoms with Crippen LogP contribution >= 0.6 is 12.4 Å². The first kappa shape index (κ1) is 18.7. The third-order valence-electron chi connectivity index (χ3n) is 2.24. The lowest BCUT2D eigenvalue weighted by Gasteiger charge is -2.10. The molecule has 0 aliphatic heterocycles. The Hall–Kier alpha value is -1.31. The van der Waals surface area contributed by atoms with Crippen LogP contribution in [0.15, 0.2) is 24.3 Å². The van der Waals surface area contributed by atoms with Gasteiger partial charge in [-0.3, -0.25) is 4.79 Å². The molecule has 0 aliphatic rings. The van der Waals surface area contributed by atoms with E-state index in [1.165, 1.54) is 19.2 Å². The van der Waals surface area contributed by atoms with E-state index in [1.54, 1.807) is 0 Å². The van der Waals surface area contributed by atoms with Crippen LogP contribution in [0, 0.1) is 0 Å². The highest BCUT2D eigenvalue weighted by Gasteiger charge is 2.30. The Balaban J connectivity index is 0.00000361. The van der Waals surface area contributed by atoms with Gasteiger partial charge in [-0.15, -0.1) is 12.4 Å². The molecule has 0 radical (unpaired) electrons. The number of carbonyl (C=O) groups excluding carboxylic acids is 1. The van der Waals surface area contributed by atoms with Crippen LogP contribution in [-0.2, 0) is 15.7 Å². The minimum atomic E-state index is -4.42. The number of ether oxygens (including phenoxy) is 1. The van der Waals surface area contributed by atoms with E-state index in [0.29, 0.717) is 13.2 Å². The maximum Gasteiger partial charge on any atom is 0.416 e. The first-order valence-electron chi connectivity index (χ1n) is 5.60. The van der Waals surface area contributed by atoms with Gasteiger partial charge < -0.3 is 15.4 Å². The molecule has 0 unspecified atom stereocenters. The van der Waals surface area contributed by atoms with Crippen LogP contribution in [0.5, 0.6) is 0 Å². The van der Waals surface area contributed by atoms with Crippen LogP contribution < -0.4 is 10.6 Å². The number of methoxy groups -OCH3 is 1. The van der Waals surface area contributed by atoms with Gasteiger partial charge in [0.25, 0.3) is 0 Å². The molecule has 0 aliphatic carbocycles. The predicted octanol–water partition coefficient (Wildman–Crippen LogP) is 2.30. The van der Waals surface area contributed by atoms with E-state index >= 15 is 0 Å². The molecular weight excluding hydrogens is 297 g/mol. The molecule has 114 valence electrons. The summed E-state index contributed by atoms with van der Waals surface area (Å²) < 4.78 is 42.1. The third-order valence-corrected chi connectivity index (χ3v) is 2.24. The van der Waals surface area contributed by atoms with E-state index in [9.17, 15) is 18.0 Å². The van der Waals surface area contributed by atoms with Crippen molar-refractivity contribution < 1.29 is 22.7 Å². The van der Waals surface area contributed by atoms with Crippen LogP contribution in [0.4, 0.5) is 18.9 Å². The molecule has 0 saturated carbocycles. The van der Waals surface area contributed by atoms with Crippen LogP contribution in [0.1, 0.15) is 5.56 Å². The van der Waals surface area contributed by atoms with Crippen LogP contribution in [0.25, 0.3) is 0 Å². The maximum absolute atomic E-state index is 12.5. The van der Waals surface area contributed by atoms with Crippen molar-refractivity contribution in [2.45, 2.75) is 6.18 Å². The summed E-state index contributed by atoms with van der Waals surface area (Å²) in [6.45, 7) is 0.961. The Kier molecular flexibility index (Phi) is 8.21. The van der Waals surface area contributed by atoms with Crippen molar-refractivity contribution in [3.8, 4) is 0 Å². The zero-order chi connectivity index (χ0) is 14.3. The second-order valence-electron chi connectivity index (χ2n) is 3.80. The molecule has 0 bridgehead atoms. The standard InChI is InChI=1S/C12H15F3N2O2.ClH/c1-19-6-5-16-8-11(18)17-10-4-2-3-9(7-10)12(13,14)15;/h2-4,7,16H,5-6,8H2,1H3,(H,17,18);1H. The number of benzene rings is 1. The van der Waals surface area contributed by atoms with Crippen molar-refractivity contribution >= 4 is 24.0 Å². The number of anilines is 1. The fourth-order valence-corrected chi connectivity index (χ4v) is 1.35. The Labute approximate surface area is 121 Å². The molecule has 20 heavy (non-hydrogen) atoms. The minimum Gasteiger partial charge on any atom is -0.383 e. The topological polar surface area (TPSA) is 50.4 Å². The summed E-state index contributed by atoms with van der Waals surface area (Å²) in [5.41, 5.74) is -0.675. The summed E-state index contributed by atoms with van der Waals surface area (Å²) in [6, 6.07) is 4.50. The molecule has 4 nitrogen and oxygen atoms in total. The van der Waals surface area contributed by atoms with Crippen LogP contribution in [-0.4, -0.2) is 32.7 Å². The summed E-state index contributed by atoms with van der Waals surface area (Å²) in [5.74, 6) is -0.407. The Morgan fingerprint density at radius 1 is 1.35 bits per heavy atom. The minimum absolute atomic E-state index is 0. The molecule has 1 aromatic carbocycles. The first-order valence-corrected chi connectivity index (χ1v) is 5.60. The SMILES string of the molecule is COCCNCC(=O)Nc1cccc(C(F)(F)F)c1.Cl. The Bertz CT molecular complexity index is 427. The van der Waals surface area contributed by atoms with E-state index in [1.807, 2.05) is 0 Å². The average molecular weight is 313 g/mol. The molecule has 0 heterocycles. The number of rotatable bonds is 6. The number of hydrogen-bond acceptors (Lipinski definition) is 3. The number of carbonyl (C=O) groups is 1. The monoisotopic (exact) mass is 312 g/mol. The molecule has 0 atom stereocenters. The average Bonchev–Trinajstić information content (AvgIpc) is 2.34. The third kappa shape index (κ3) is 6.74. The normalized spacial score (nSPS) is 10.8. The lowest BCUT2D eigenvalue weighted by molar-refractivity contribution is -0.137. The van der Waals surface area contributed by atoms with Gasteiger partial charge in [0, 0.05) is 19.3 Å². The van der Waals surface area contributed by atoms with Gasteiger partial charge in [0.15, 0.2) is 0 Å². The van der Waals surface area contributed by atoms with Crippen molar-refractivity contribution in [3.05, 3.63) is 29.8 Å². The van der Waals surface area contributed by atoms with Gasteiger partial charge in [0.1, 0.15) is 0 Å². The van der Waals surface area contributed by atoms with Gasteiger partial charge in [-0.1, -0.05) is 6.07 Å². The van der Waals surface area contributed by atoms with Gasteiger partial charge in [-0.2, -0.15) is 13.2 Å². The van der Waals surface area contributed by atoms with Gasteiger partial charge in [0.05, 0.1) is 18.7 Å². The quantitative estimate of drug-likeness (QED) is 0.793. The second-order valence-corrected chi connectivity index (χ2v) is 3.80. The van der Waals surface area contributed by atoms with Crippen molar-refractivity contribution in [1.29, 1.82) is 0 Å². The van der Waals surface area contributed by atoms with Crippen LogP contribution in [0.3, 0.4) is 0 Å². The van der Waals surface area contributed by atoms with Gasteiger partial charge in [-0.05, 0) is 18.2 Å². The second kappa shape index (κ2) is 8.78. The van der Waals surface area contributed by atoms with Crippen molar-refractivity contribution in [2.24, 2.45) is 0 Å². The van der Waals surface area contributed by atoms with Gasteiger partial charge in [0.2, 0.25) is 5.91 Å². The van der Waals surface area contributed by atoms with Crippen molar-refractivity contribution in [2.75, 3.05) is 32.1 Å². The van der Waals surface area contributed by atoms with Crippen molar-refractivity contribution in [1.82, 2.24) is 5.32 Å². The number of nitrogens with one attached hydrogen (secondary N) is 2. The van der Waals surface area contributed by atoms with Gasteiger partial charge >= 0.3 is 6.18 Å². The molecule has 1 rings (SSSR count). The highest BCUT2D eigenvalue weighted by atomic mass is 35.5. The molecular formula is C12H16ClF3N2O2. The highest BCUT2D eigenvalue weighted by Crippen LogP contribution is 2.30. The van der Waals surface area contributed by atoms with Crippen LogP contribution in [0.2, 0.25) is 0 Å². The molecule has 0 fully saturated rings. The summed E-state index contributed by atoms with van der Waals surface area (Å²) in [6.07, 6.45) is -4.42. The highest BCUT2D eigenvalue weighted by molar-refractivity contribution is 5.92. The maximum atomic E-state index is 12.5. The fraction of sp³-hybridized carbons (Fsp3) is 0.417. The largest absolute Gasteiger partial charge is 0.416 e. The van der Waals surface area contributed by atoms with E-state index in [0.717, 1.165) is 12.1 Å². The summed E-state index contributed by atoms with van der Waals surface area (Å²) >= 11 is 0. The van der Waals surface area contributed by atoms with Crippen molar-refractivity contribution in [3.63, 3.8) is 0 Å². The Morgan fingerprint density at radius 2 is 2.05 bits per heavy atom. The Morgan fingerprint density at radius 3 is 2.65 bits per heavy atom. The van der Waals surface area contributed by atoms with Gasteiger partial charge in [-0.25, -0.2) is 0 Å². The first-order chi connectivity index (χ1) is 8.93. The zero-order valence-corrected chi connectivity index (χ0v) is 11.6. The van der Waals surface area contributed by atoms with E-state index < -0.39 is 17.6 Å². The van der Waals surface area contributed by atoms with E-state index in [2.05, 4.69) is 10.6 Å². The molecule has 0 saturated heterocycles. The lowest BCUT2D eigenvalue weighted by Crippen LogP contribution is -2.30. The van der Waals surface area contributed by atoms with E-state index in [-0.39, 0.29) is 24.6 Å². The number of hydrogen-bond donors (Lipinski definition) is 2. The summed E-state index contributed by atoms with van der Waals surface area (Å²) in [7, 11) is 1.53. The zero-order valence-electron chi connectivity index (χ0n) is 10.8. The molecule has 8 heteroatoms. The molecule has 0 spiro atoms. The lowest BCUT2D eigenvalue weighted by atomic mass is 10.2. The number of amides is 1.